The fourth-order valence-electron chi connectivity index (χ4n) is 2.79. The van der Waals surface area contributed by atoms with Crippen molar-refractivity contribution in [3.05, 3.63) is 29.8 Å². The summed E-state index contributed by atoms with van der Waals surface area (Å²) in [5.74, 6) is -0.396. The maximum absolute atomic E-state index is 11.3. The minimum absolute atomic E-state index is 0.0614. The van der Waals surface area contributed by atoms with Crippen LogP contribution in [0.3, 0.4) is 0 Å². The van der Waals surface area contributed by atoms with Crippen LogP contribution in [0.25, 0.3) is 0 Å². The second-order valence-corrected chi connectivity index (χ2v) is 5.37. The van der Waals surface area contributed by atoms with Crippen LogP contribution in [0.5, 0.6) is 5.75 Å². The molecule has 1 aromatic rings. The van der Waals surface area contributed by atoms with Crippen molar-refractivity contribution in [1.29, 1.82) is 0 Å². The molecule has 1 aliphatic rings. The lowest BCUT2D eigenvalue weighted by Gasteiger charge is -2.30. The lowest BCUT2D eigenvalue weighted by molar-refractivity contribution is -0.143. The third-order valence-corrected chi connectivity index (χ3v) is 3.87. The Hall–Kier alpha value is -1.59. The summed E-state index contributed by atoms with van der Waals surface area (Å²) < 4.78 is 10.6. The average Bonchev–Trinajstić information content (AvgIpc) is 2.96. The van der Waals surface area contributed by atoms with Crippen LogP contribution in [-0.4, -0.2) is 48.9 Å². The molecule has 0 aromatic heterocycles. The van der Waals surface area contributed by atoms with Crippen molar-refractivity contribution in [3.63, 3.8) is 0 Å². The fraction of sp³-hybridized carbons (Fsp3) is 0.562. The largest absolute Gasteiger partial charge is 0.497 e. The number of aliphatic carboxylic acids is 1. The summed E-state index contributed by atoms with van der Waals surface area (Å²) in [6, 6.07) is 7.84. The third-order valence-electron chi connectivity index (χ3n) is 3.87. The first-order valence-corrected chi connectivity index (χ1v) is 7.33. The van der Waals surface area contributed by atoms with E-state index in [9.17, 15) is 9.90 Å². The fourth-order valence-corrected chi connectivity index (χ4v) is 2.79. The summed E-state index contributed by atoms with van der Waals surface area (Å²) in [6.45, 7) is 4.46. The standard InChI is InChI=1S/C16H23NO4/c1-3-7-17(15-11-21-10-14(15)16(18)19)9-12-5-4-6-13(8-12)20-2/h4-6,8,14-15H,3,7,9-11H2,1-2H3,(H,18,19). The Morgan fingerprint density at radius 3 is 2.95 bits per heavy atom. The van der Waals surface area contributed by atoms with Gasteiger partial charge >= 0.3 is 5.97 Å². The molecular weight excluding hydrogens is 270 g/mol. The number of nitrogens with zero attached hydrogens (tertiary/aromatic N) is 1. The van der Waals surface area contributed by atoms with Crippen molar-refractivity contribution < 1.29 is 19.4 Å². The zero-order valence-corrected chi connectivity index (χ0v) is 12.6. The van der Waals surface area contributed by atoms with Gasteiger partial charge in [-0.1, -0.05) is 19.1 Å². The lowest BCUT2D eigenvalue weighted by atomic mass is 10.0. The van der Waals surface area contributed by atoms with E-state index in [4.69, 9.17) is 9.47 Å². The van der Waals surface area contributed by atoms with Crippen LogP contribution in [0.4, 0.5) is 0 Å². The smallest absolute Gasteiger partial charge is 0.310 e. The molecule has 1 aliphatic heterocycles. The Balaban J connectivity index is 2.12. The van der Waals surface area contributed by atoms with Gasteiger partial charge in [-0.3, -0.25) is 9.69 Å². The monoisotopic (exact) mass is 293 g/mol. The van der Waals surface area contributed by atoms with E-state index in [1.807, 2.05) is 24.3 Å². The van der Waals surface area contributed by atoms with Crippen LogP contribution < -0.4 is 4.74 Å². The summed E-state index contributed by atoms with van der Waals surface area (Å²) >= 11 is 0. The van der Waals surface area contributed by atoms with Gasteiger partial charge in [-0.25, -0.2) is 0 Å². The van der Waals surface area contributed by atoms with E-state index in [1.165, 1.54) is 0 Å². The first-order chi connectivity index (χ1) is 10.2. The van der Waals surface area contributed by atoms with Crippen molar-refractivity contribution >= 4 is 5.97 Å². The molecule has 116 valence electrons. The zero-order chi connectivity index (χ0) is 15.2. The van der Waals surface area contributed by atoms with Gasteiger partial charge in [0.05, 0.1) is 26.2 Å². The number of methoxy groups -OCH3 is 1. The molecule has 2 atom stereocenters. The average molecular weight is 293 g/mol. The predicted molar refractivity (Wildman–Crippen MR) is 79.4 cm³/mol. The number of carboxylic acids is 1. The molecule has 0 amide bonds. The topological polar surface area (TPSA) is 59.0 Å². The summed E-state index contributed by atoms with van der Waals surface area (Å²) in [5.41, 5.74) is 1.12. The summed E-state index contributed by atoms with van der Waals surface area (Å²) in [7, 11) is 1.65. The van der Waals surface area contributed by atoms with Gasteiger partial charge in [-0.15, -0.1) is 0 Å². The maximum atomic E-state index is 11.3. The molecule has 5 nitrogen and oxygen atoms in total. The van der Waals surface area contributed by atoms with Gasteiger partial charge in [0.2, 0.25) is 0 Å². The summed E-state index contributed by atoms with van der Waals surface area (Å²) in [5, 5.41) is 9.32. The van der Waals surface area contributed by atoms with Gasteiger partial charge in [-0.05, 0) is 30.7 Å². The number of ether oxygens (including phenoxy) is 2. The molecule has 1 heterocycles. The number of hydrogen-bond donors (Lipinski definition) is 1. The van der Waals surface area contributed by atoms with Gasteiger partial charge in [0.1, 0.15) is 5.75 Å². The van der Waals surface area contributed by atoms with Crippen molar-refractivity contribution in [2.45, 2.75) is 25.9 Å². The van der Waals surface area contributed by atoms with Crippen LogP contribution in [0.1, 0.15) is 18.9 Å². The summed E-state index contributed by atoms with van der Waals surface area (Å²) in [4.78, 5) is 13.6. The minimum Gasteiger partial charge on any atom is -0.497 e. The maximum Gasteiger partial charge on any atom is 0.310 e. The highest BCUT2D eigenvalue weighted by molar-refractivity contribution is 5.71. The molecular formula is C16H23NO4. The second kappa shape index (κ2) is 7.43. The van der Waals surface area contributed by atoms with Crippen LogP contribution in [0.15, 0.2) is 24.3 Å². The number of benzene rings is 1. The van der Waals surface area contributed by atoms with Crippen molar-refractivity contribution in [2.75, 3.05) is 26.9 Å². The quantitative estimate of drug-likeness (QED) is 0.833. The molecule has 1 aromatic carbocycles. The van der Waals surface area contributed by atoms with E-state index < -0.39 is 11.9 Å². The number of carbonyl (C=O) groups is 1. The summed E-state index contributed by atoms with van der Waals surface area (Å²) in [6.07, 6.45) is 0.979. The van der Waals surface area contributed by atoms with E-state index >= 15 is 0 Å². The van der Waals surface area contributed by atoms with Crippen LogP contribution in [0, 0.1) is 5.92 Å². The van der Waals surface area contributed by atoms with Crippen LogP contribution in [-0.2, 0) is 16.1 Å². The molecule has 0 aliphatic carbocycles. The Bertz CT molecular complexity index is 477. The first kappa shape index (κ1) is 15.8. The Morgan fingerprint density at radius 1 is 1.48 bits per heavy atom. The molecule has 0 saturated carbocycles. The van der Waals surface area contributed by atoms with E-state index in [2.05, 4.69) is 11.8 Å². The lowest BCUT2D eigenvalue weighted by Crippen LogP contribution is -2.43. The van der Waals surface area contributed by atoms with Gasteiger partial charge in [-0.2, -0.15) is 0 Å². The highest BCUT2D eigenvalue weighted by Crippen LogP contribution is 2.23. The van der Waals surface area contributed by atoms with Gasteiger partial charge in [0.15, 0.2) is 0 Å². The van der Waals surface area contributed by atoms with Crippen molar-refractivity contribution in [2.24, 2.45) is 5.92 Å². The predicted octanol–water partition coefficient (Wildman–Crippen LogP) is 2.01. The van der Waals surface area contributed by atoms with Crippen LogP contribution in [0.2, 0.25) is 0 Å². The first-order valence-electron chi connectivity index (χ1n) is 7.33. The number of hydrogen-bond acceptors (Lipinski definition) is 4. The molecule has 1 fully saturated rings. The molecule has 5 heteroatoms. The van der Waals surface area contributed by atoms with Gasteiger partial charge in [0.25, 0.3) is 0 Å². The Kier molecular flexibility index (Phi) is 5.59. The van der Waals surface area contributed by atoms with E-state index in [-0.39, 0.29) is 6.04 Å². The molecule has 21 heavy (non-hydrogen) atoms. The van der Waals surface area contributed by atoms with Crippen molar-refractivity contribution in [1.82, 2.24) is 4.90 Å². The van der Waals surface area contributed by atoms with Crippen LogP contribution >= 0.6 is 0 Å². The number of carboxylic acid groups (broad SMARTS) is 1. The molecule has 1 N–H and O–H groups in total. The van der Waals surface area contributed by atoms with Gasteiger partial charge < -0.3 is 14.6 Å². The molecule has 2 unspecified atom stereocenters. The minimum atomic E-state index is -0.774. The third kappa shape index (κ3) is 3.95. The molecule has 0 spiro atoms. The number of rotatable bonds is 7. The zero-order valence-electron chi connectivity index (χ0n) is 12.6. The van der Waals surface area contributed by atoms with E-state index in [0.29, 0.717) is 19.8 Å². The van der Waals surface area contributed by atoms with E-state index in [1.54, 1.807) is 7.11 Å². The molecule has 1 saturated heterocycles. The SMILES string of the molecule is CCCN(Cc1cccc(OC)c1)C1COCC1C(=O)O. The Labute approximate surface area is 125 Å². The second-order valence-electron chi connectivity index (χ2n) is 5.37. The van der Waals surface area contributed by atoms with E-state index in [0.717, 1.165) is 24.3 Å². The Morgan fingerprint density at radius 2 is 2.29 bits per heavy atom. The van der Waals surface area contributed by atoms with Gasteiger partial charge in [0, 0.05) is 12.6 Å². The van der Waals surface area contributed by atoms with Crippen molar-refractivity contribution in [3.8, 4) is 5.75 Å². The highest BCUT2D eigenvalue weighted by atomic mass is 16.5. The molecule has 2 rings (SSSR count). The molecule has 0 bridgehead atoms. The molecule has 0 radical (unpaired) electrons. The highest BCUT2D eigenvalue weighted by Gasteiger charge is 2.37. The normalized spacial score (nSPS) is 21.7.